The molecular formula is C14H15Cl2NS. The Morgan fingerprint density at radius 3 is 2.56 bits per heavy atom. The van der Waals surface area contributed by atoms with Crippen molar-refractivity contribution in [1.82, 2.24) is 0 Å². The fourth-order valence-electron chi connectivity index (χ4n) is 1.67. The van der Waals surface area contributed by atoms with Gasteiger partial charge in [0.1, 0.15) is 0 Å². The molecule has 18 heavy (non-hydrogen) atoms. The number of hydrogen-bond donors (Lipinski definition) is 0. The highest BCUT2D eigenvalue weighted by molar-refractivity contribution is 7.78. The minimum Gasteiger partial charge on any atom is -0.224 e. The van der Waals surface area contributed by atoms with Gasteiger partial charge in [0.25, 0.3) is 0 Å². The van der Waals surface area contributed by atoms with E-state index in [1.54, 1.807) is 12.1 Å². The molecule has 0 aromatic heterocycles. The van der Waals surface area contributed by atoms with Gasteiger partial charge >= 0.3 is 0 Å². The molecule has 0 radical (unpaired) electrons. The van der Waals surface area contributed by atoms with E-state index in [1.165, 1.54) is 0 Å². The van der Waals surface area contributed by atoms with Crippen LogP contribution >= 0.6 is 35.4 Å². The van der Waals surface area contributed by atoms with Crippen molar-refractivity contribution in [3.8, 4) is 0 Å². The zero-order valence-electron chi connectivity index (χ0n) is 10.4. The number of thiocarbonyl (C=S) groups is 1. The van der Waals surface area contributed by atoms with Crippen LogP contribution < -0.4 is 0 Å². The molecule has 0 fully saturated rings. The SMILES string of the molecule is C=C(c1ccc(Cl)c(Cl)c1)C(CC(C)C)N=C=S. The Labute approximate surface area is 124 Å². The van der Waals surface area contributed by atoms with Crippen molar-refractivity contribution in [3.05, 3.63) is 40.4 Å². The smallest absolute Gasteiger partial charge is 0.0854 e. The Balaban J connectivity index is 3.01. The van der Waals surface area contributed by atoms with Gasteiger partial charge in [-0.05, 0) is 47.8 Å². The van der Waals surface area contributed by atoms with E-state index in [0.717, 1.165) is 17.6 Å². The molecule has 1 nitrogen and oxygen atoms in total. The van der Waals surface area contributed by atoms with Gasteiger partial charge in [0.05, 0.1) is 21.2 Å². The lowest BCUT2D eigenvalue weighted by Crippen LogP contribution is -2.10. The van der Waals surface area contributed by atoms with Crippen LogP contribution in [0.25, 0.3) is 5.57 Å². The number of rotatable bonds is 5. The maximum Gasteiger partial charge on any atom is 0.0854 e. The number of halogens is 2. The summed E-state index contributed by atoms with van der Waals surface area (Å²) >= 11 is 16.6. The number of aliphatic imine (C=N–C) groups is 1. The van der Waals surface area contributed by atoms with Crippen LogP contribution in [0.1, 0.15) is 25.8 Å². The molecule has 0 heterocycles. The molecule has 0 aliphatic carbocycles. The molecule has 1 aromatic carbocycles. The summed E-state index contributed by atoms with van der Waals surface area (Å²) < 4.78 is 0. The van der Waals surface area contributed by atoms with Crippen LogP contribution in [0.5, 0.6) is 0 Å². The first-order valence-corrected chi connectivity index (χ1v) is 6.83. The number of benzene rings is 1. The van der Waals surface area contributed by atoms with E-state index in [4.69, 9.17) is 35.4 Å². The maximum atomic E-state index is 6.01. The summed E-state index contributed by atoms with van der Waals surface area (Å²) in [6.45, 7) is 8.35. The van der Waals surface area contributed by atoms with Crippen LogP contribution in [0.2, 0.25) is 10.0 Å². The van der Waals surface area contributed by atoms with Gasteiger partial charge in [-0.3, -0.25) is 0 Å². The molecule has 0 N–H and O–H groups in total. The van der Waals surface area contributed by atoms with Crippen LogP contribution in [0.15, 0.2) is 29.8 Å². The summed E-state index contributed by atoms with van der Waals surface area (Å²) in [5.41, 5.74) is 1.82. The molecule has 0 aliphatic heterocycles. The molecule has 4 heteroatoms. The van der Waals surface area contributed by atoms with Gasteiger partial charge in [0.15, 0.2) is 0 Å². The molecule has 1 aromatic rings. The van der Waals surface area contributed by atoms with Crippen LogP contribution in [-0.2, 0) is 0 Å². The molecule has 0 aliphatic rings. The highest BCUT2D eigenvalue weighted by Crippen LogP contribution is 2.29. The largest absolute Gasteiger partial charge is 0.224 e. The number of hydrogen-bond acceptors (Lipinski definition) is 2. The molecule has 0 bridgehead atoms. The van der Waals surface area contributed by atoms with Gasteiger partial charge in [-0.1, -0.05) is 49.7 Å². The topological polar surface area (TPSA) is 12.4 Å². The molecule has 1 atom stereocenters. The molecule has 1 rings (SSSR count). The summed E-state index contributed by atoms with van der Waals surface area (Å²) in [5.74, 6) is 0.502. The molecular weight excluding hydrogens is 285 g/mol. The Bertz CT molecular complexity index is 491. The Morgan fingerprint density at radius 2 is 2.06 bits per heavy atom. The minimum absolute atomic E-state index is 0.0558. The highest BCUT2D eigenvalue weighted by Gasteiger charge is 2.15. The second kappa shape index (κ2) is 7.06. The Hall–Kier alpha value is -0.660. The fourth-order valence-corrected chi connectivity index (χ4v) is 2.10. The molecule has 0 saturated heterocycles. The van der Waals surface area contributed by atoms with Crippen molar-refractivity contribution >= 4 is 46.2 Å². The zero-order chi connectivity index (χ0) is 13.7. The average molecular weight is 300 g/mol. The number of isothiocyanates is 1. The van der Waals surface area contributed by atoms with E-state index in [9.17, 15) is 0 Å². The maximum absolute atomic E-state index is 6.01. The Morgan fingerprint density at radius 1 is 1.39 bits per heavy atom. The van der Waals surface area contributed by atoms with Crippen LogP contribution in [0.4, 0.5) is 0 Å². The third kappa shape index (κ3) is 4.22. The summed E-state index contributed by atoms with van der Waals surface area (Å²) in [6.07, 6.45) is 0.878. The van der Waals surface area contributed by atoms with Gasteiger partial charge in [-0.2, -0.15) is 0 Å². The third-order valence-electron chi connectivity index (χ3n) is 2.60. The standard InChI is InChI=1S/C14H15Cl2NS/c1-9(2)6-14(17-8-18)10(3)11-4-5-12(15)13(16)7-11/h4-5,7,9,14H,3,6H2,1-2H3. The Kier molecular flexibility index (Phi) is 6.04. The summed E-state index contributed by atoms with van der Waals surface area (Å²) in [6, 6.07) is 5.40. The summed E-state index contributed by atoms with van der Waals surface area (Å²) in [5, 5.41) is 3.49. The van der Waals surface area contributed by atoms with Gasteiger partial charge in [0.2, 0.25) is 0 Å². The summed E-state index contributed by atoms with van der Waals surface area (Å²) in [4.78, 5) is 4.18. The first-order valence-electron chi connectivity index (χ1n) is 5.67. The lowest BCUT2D eigenvalue weighted by Gasteiger charge is -2.17. The predicted molar refractivity (Wildman–Crippen MR) is 83.8 cm³/mol. The van der Waals surface area contributed by atoms with Crippen molar-refractivity contribution in [2.45, 2.75) is 26.3 Å². The molecule has 0 spiro atoms. The monoisotopic (exact) mass is 299 g/mol. The first-order chi connectivity index (χ1) is 8.45. The third-order valence-corrected chi connectivity index (χ3v) is 3.44. The van der Waals surface area contributed by atoms with Crippen LogP contribution in [0.3, 0.4) is 0 Å². The quantitative estimate of drug-likeness (QED) is 0.515. The van der Waals surface area contributed by atoms with E-state index in [2.05, 4.69) is 30.6 Å². The highest BCUT2D eigenvalue weighted by atomic mass is 35.5. The molecule has 1 unspecified atom stereocenters. The summed E-state index contributed by atoms with van der Waals surface area (Å²) in [7, 11) is 0. The minimum atomic E-state index is -0.0558. The van der Waals surface area contributed by atoms with Gasteiger partial charge in [0, 0.05) is 0 Å². The van der Waals surface area contributed by atoms with Crippen molar-refractivity contribution < 1.29 is 0 Å². The van der Waals surface area contributed by atoms with Gasteiger partial charge in [-0.25, -0.2) is 4.99 Å². The van der Waals surface area contributed by atoms with Gasteiger partial charge in [-0.15, -0.1) is 0 Å². The second-order valence-corrected chi connectivity index (χ2v) is 5.52. The van der Waals surface area contributed by atoms with Crippen LogP contribution in [-0.4, -0.2) is 11.2 Å². The van der Waals surface area contributed by atoms with Gasteiger partial charge < -0.3 is 0 Å². The van der Waals surface area contributed by atoms with E-state index >= 15 is 0 Å². The van der Waals surface area contributed by atoms with Crippen molar-refractivity contribution in [2.75, 3.05) is 0 Å². The van der Waals surface area contributed by atoms with E-state index in [0.29, 0.717) is 16.0 Å². The normalized spacial score (nSPS) is 12.1. The average Bonchev–Trinajstić information content (AvgIpc) is 2.31. The zero-order valence-corrected chi connectivity index (χ0v) is 12.7. The first kappa shape index (κ1) is 15.4. The van der Waals surface area contributed by atoms with Crippen molar-refractivity contribution in [1.29, 1.82) is 0 Å². The van der Waals surface area contributed by atoms with E-state index < -0.39 is 0 Å². The second-order valence-electron chi connectivity index (χ2n) is 4.52. The molecule has 0 saturated carbocycles. The lowest BCUT2D eigenvalue weighted by atomic mass is 9.94. The van der Waals surface area contributed by atoms with Crippen LogP contribution in [0, 0.1) is 5.92 Å². The predicted octanol–water partition coefficient (Wildman–Crippen LogP) is 5.52. The fraction of sp³-hybridized carbons (Fsp3) is 0.357. The molecule has 0 amide bonds. The van der Waals surface area contributed by atoms with Crippen molar-refractivity contribution in [3.63, 3.8) is 0 Å². The van der Waals surface area contributed by atoms with E-state index in [1.807, 2.05) is 6.07 Å². The van der Waals surface area contributed by atoms with Crippen molar-refractivity contribution in [2.24, 2.45) is 10.9 Å². The lowest BCUT2D eigenvalue weighted by molar-refractivity contribution is 0.556. The molecule has 96 valence electrons. The van der Waals surface area contributed by atoms with E-state index in [-0.39, 0.29) is 6.04 Å². The number of nitrogens with zero attached hydrogens (tertiary/aromatic N) is 1.